The summed E-state index contributed by atoms with van der Waals surface area (Å²) in [4.78, 5) is 26.9. The fourth-order valence-corrected chi connectivity index (χ4v) is 4.48. The van der Waals surface area contributed by atoms with E-state index < -0.39 is 0 Å². The number of nitrogens with one attached hydrogen (secondary N) is 1. The SMILES string of the molecule is CCC(=O)c1sc(N2CCCSCC2)c(C(=O)NC)c1N. The first-order valence-electron chi connectivity index (χ1n) is 7.10. The first-order chi connectivity index (χ1) is 10.1. The molecule has 1 aromatic rings. The third-order valence-electron chi connectivity index (χ3n) is 3.46. The van der Waals surface area contributed by atoms with Gasteiger partial charge in [0, 0.05) is 32.3 Å². The number of anilines is 2. The highest BCUT2D eigenvalue weighted by atomic mass is 32.2. The van der Waals surface area contributed by atoms with Crippen LogP contribution in [-0.4, -0.2) is 43.3 Å². The van der Waals surface area contributed by atoms with Gasteiger partial charge in [0.1, 0.15) is 5.00 Å². The van der Waals surface area contributed by atoms with E-state index in [2.05, 4.69) is 10.2 Å². The van der Waals surface area contributed by atoms with Crippen LogP contribution in [0.3, 0.4) is 0 Å². The third kappa shape index (κ3) is 3.35. The number of amides is 1. The van der Waals surface area contributed by atoms with Crippen molar-refractivity contribution >= 4 is 45.5 Å². The minimum absolute atomic E-state index is 0.00176. The lowest BCUT2D eigenvalue weighted by Crippen LogP contribution is -2.28. The van der Waals surface area contributed by atoms with Crippen LogP contribution in [-0.2, 0) is 0 Å². The minimum Gasteiger partial charge on any atom is -0.397 e. The van der Waals surface area contributed by atoms with E-state index >= 15 is 0 Å². The first-order valence-corrected chi connectivity index (χ1v) is 9.07. The maximum Gasteiger partial charge on any atom is 0.256 e. The van der Waals surface area contributed by atoms with Gasteiger partial charge in [-0.2, -0.15) is 11.8 Å². The molecule has 1 aliphatic rings. The van der Waals surface area contributed by atoms with Crippen LogP contribution in [0.4, 0.5) is 10.7 Å². The summed E-state index contributed by atoms with van der Waals surface area (Å²) in [6.07, 6.45) is 1.47. The number of Topliss-reactive ketones (excluding diaryl/α,β-unsaturated/α-hetero) is 1. The molecule has 0 bridgehead atoms. The van der Waals surface area contributed by atoms with Gasteiger partial charge in [-0.05, 0) is 12.2 Å². The second-order valence-electron chi connectivity index (χ2n) is 4.83. The van der Waals surface area contributed by atoms with E-state index in [0.717, 1.165) is 36.0 Å². The van der Waals surface area contributed by atoms with Gasteiger partial charge in [-0.1, -0.05) is 6.92 Å². The second-order valence-corrected chi connectivity index (χ2v) is 7.06. The number of thioether (sulfide) groups is 1. The molecule has 116 valence electrons. The number of hydrogen-bond acceptors (Lipinski definition) is 6. The number of carbonyl (C=O) groups excluding carboxylic acids is 2. The summed E-state index contributed by atoms with van der Waals surface area (Å²) in [6.45, 7) is 3.59. The topological polar surface area (TPSA) is 75.4 Å². The number of carbonyl (C=O) groups is 2. The summed E-state index contributed by atoms with van der Waals surface area (Å²) in [5.41, 5.74) is 6.90. The predicted octanol–water partition coefficient (Wildman–Crippen LogP) is 2.23. The van der Waals surface area contributed by atoms with Crippen LogP contribution in [0.2, 0.25) is 0 Å². The normalized spacial score (nSPS) is 15.6. The second kappa shape index (κ2) is 7.17. The number of nitrogens with zero attached hydrogens (tertiary/aromatic N) is 1. The highest BCUT2D eigenvalue weighted by Crippen LogP contribution is 2.39. The van der Waals surface area contributed by atoms with Gasteiger partial charge in [0.2, 0.25) is 0 Å². The smallest absolute Gasteiger partial charge is 0.256 e. The number of ketones is 1. The van der Waals surface area contributed by atoms with Gasteiger partial charge in [0.15, 0.2) is 5.78 Å². The van der Waals surface area contributed by atoms with Crippen LogP contribution >= 0.6 is 23.1 Å². The zero-order chi connectivity index (χ0) is 15.4. The summed E-state index contributed by atoms with van der Waals surface area (Å²) in [6, 6.07) is 0. The summed E-state index contributed by atoms with van der Waals surface area (Å²) in [7, 11) is 1.59. The number of nitrogen functional groups attached to an aromatic ring is 1. The molecule has 0 atom stereocenters. The van der Waals surface area contributed by atoms with Gasteiger partial charge < -0.3 is 16.0 Å². The molecule has 3 N–H and O–H groups in total. The molecule has 0 radical (unpaired) electrons. The molecule has 0 saturated carbocycles. The number of nitrogens with two attached hydrogens (primary N) is 1. The van der Waals surface area contributed by atoms with Crippen molar-refractivity contribution in [2.75, 3.05) is 42.3 Å². The summed E-state index contributed by atoms with van der Waals surface area (Å²) < 4.78 is 0. The lowest BCUT2D eigenvalue weighted by Gasteiger charge is -2.21. The van der Waals surface area contributed by atoms with Gasteiger partial charge in [-0.15, -0.1) is 11.3 Å². The minimum atomic E-state index is -0.217. The Morgan fingerprint density at radius 2 is 2.10 bits per heavy atom. The monoisotopic (exact) mass is 327 g/mol. The molecule has 1 saturated heterocycles. The van der Waals surface area contributed by atoms with Crippen molar-refractivity contribution < 1.29 is 9.59 Å². The van der Waals surface area contributed by atoms with Crippen molar-refractivity contribution in [2.45, 2.75) is 19.8 Å². The lowest BCUT2D eigenvalue weighted by molar-refractivity contribution is 0.0964. The van der Waals surface area contributed by atoms with Gasteiger partial charge in [0.25, 0.3) is 5.91 Å². The van der Waals surface area contributed by atoms with Crippen LogP contribution in [0.15, 0.2) is 0 Å². The van der Waals surface area contributed by atoms with Gasteiger partial charge in [-0.25, -0.2) is 0 Å². The Morgan fingerprint density at radius 3 is 2.76 bits per heavy atom. The Kier molecular flexibility index (Phi) is 5.52. The Bertz CT molecular complexity index is 535. The highest BCUT2D eigenvalue weighted by molar-refractivity contribution is 7.99. The van der Waals surface area contributed by atoms with Crippen LogP contribution in [0.5, 0.6) is 0 Å². The molecule has 0 spiro atoms. The van der Waals surface area contributed by atoms with E-state index in [1.54, 1.807) is 7.05 Å². The molecule has 1 aliphatic heterocycles. The Balaban J connectivity index is 2.46. The highest BCUT2D eigenvalue weighted by Gasteiger charge is 2.27. The molecule has 0 unspecified atom stereocenters. The average molecular weight is 327 g/mol. The molecule has 1 fully saturated rings. The average Bonchev–Trinajstić information content (AvgIpc) is 2.69. The zero-order valence-corrected chi connectivity index (χ0v) is 14.0. The van der Waals surface area contributed by atoms with E-state index in [1.807, 2.05) is 18.7 Å². The Morgan fingerprint density at radius 1 is 1.33 bits per heavy atom. The maximum absolute atomic E-state index is 12.2. The predicted molar refractivity (Wildman–Crippen MR) is 90.9 cm³/mol. The Hall–Kier alpha value is -1.21. The van der Waals surface area contributed by atoms with Crippen LogP contribution < -0.4 is 16.0 Å². The van der Waals surface area contributed by atoms with Gasteiger partial charge in [0.05, 0.1) is 16.1 Å². The molecule has 1 aromatic heterocycles. The quantitative estimate of drug-likeness (QED) is 0.830. The first kappa shape index (κ1) is 16.2. The molecule has 0 aliphatic carbocycles. The zero-order valence-electron chi connectivity index (χ0n) is 12.4. The standard InChI is InChI=1S/C14H21N3O2S2/c1-3-9(18)12-11(15)10(13(19)16-2)14(21-12)17-5-4-7-20-8-6-17/h3-8,15H2,1-2H3,(H,16,19). The molecule has 1 amide bonds. The molecule has 7 heteroatoms. The number of thiophene rings is 1. The van der Waals surface area contributed by atoms with E-state index in [4.69, 9.17) is 5.73 Å². The summed E-state index contributed by atoms with van der Waals surface area (Å²) in [5, 5.41) is 3.47. The van der Waals surface area contributed by atoms with Gasteiger partial charge >= 0.3 is 0 Å². The van der Waals surface area contributed by atoms with Crippen molar-refractivity contribution in [2.24, 2.45) is 0 Å². The van der Waals surface area contributed by atoms with E-state index in [0.29, 0.717) is 22.5 Å². The molecule has 2 heterocycles. The van der Waals surface area contributed by atoms with Crippen LogP contribution in [0.25, 0.3) is 0 Å². The molecule has 0 aromatic carbocycles. The fourth-order valence-electron chi connectivity index (χ4n) is 2.32. The van der Waals surface area contributed by atoms with E-state index in [-0.39, 0.29) is 11.7 Å². The van der Waals surface area contributed by atoms with Crippen molar-refractivity contribution in [3.05, 3.63) is 10.4 Å². The molecular weight excluding hydrogens is 306 g/mol. The van der Waals surface area contributed by atoms with Gasteiger partial charge in [-0.3, -0.25) is 9.59 Å². The maximum atomic E-state index is 12.2. The summed E-state index contributed by atoms with van der Waals surface area (Å²) in [5.74, 6) is 1.94. The van der Waals surface area contributed by atoms with Crippen molar-refractivity contribution in [1.82, 2.24) is 5.32 Å². The fraction of sp³-hybridized carbons (Fsp3) is 0.571. The lowest BCUT2D eigenvalue weighted by atomic mass is 10.1. The molecule has 5 nitrogen and oxygen atoms in total. The molecule has 21 heavy (non-hydrogen) atoms. The van der Waals surface area contributed by atoms with Crippen molar-refractivity contribution in [1.29, 1.82) is 0 Å². The van der Waals surface area contributed by atoms with Crippen LogP contribution in [0.1, 0.15) is 39.8 Å². The Labute approximate surface area is 133 Å². The summed E-state index contributed by atoms with van der Waals surface area (Å²) >= 11 is 3.28. The van der Waals surface area contributed by atoms with Crippen molar-refractivity contribution in [3.8, 4) is 0 Å². The van der Waals surface area contributed by atoms with Crippen molar-refractivity contribution in [3.63, 3.8) is 0 Å². The van der Waals surface area contributed by atoms with Crippen LogP contribution in [0, 0.1) is 0 Å². The number of hydrogen-bond donors (Lipinski definition) is 2. The molecule has 2 rings (SSSR count). The van der Waals surface area contributed by atoms with E-state index in [9.17, 15) is 9.59 Å². The number of rotatable bonds is 4. The van der Waals surface area contributed by atoms with E-state index in [1.165, 1.54) is 11.3 Å². The largest absolute Gasteiger partial charge is 0.397 e. The molecular formula is C14H21N3O2S2. The third-order valence-corrected chi connectivity index (χ3v) is 5.82.